The number of allylic oxidation sites excluding steroid dienone is 6. The molecule has 1 aliphatic carbocycles. The van der Waals surface area contributed by atoms with Crippen molar-refractivity contribution < 1.29 is 4.79 Å². The van der Waals surface area contributed by atoms with Gasteiger partial charge in [0.15, 0.2) is 5.78 Å². The molecule has 1 aliphatic rings. The Morgan fingerprint density at radius 2 is 1.88 bits per heavy atom. The van der Waals surface area contributed by atoms with Gasteiger partial charge in [-0.05, 0) is 47.6 Å². The highest BCUT2D eigenvalue weighted by molar-refractivity contribution is 6.30. The summed E-state index contributed by atoms with van der Waals surface area (Å²) in [4.78, 5) is 11.0. The van der Waals surface area contributed by atoms with Crippen molar-refractivity contribution in [2.75, 3.05) is 0 Å². The van der Waals surface area contributed by atoms with E-state index in [9.17, 15) is 10.1 Å². The van der Waals surface area contributed by atoms with Gasteiger partial charge < -0.3 is 0 Å². The van der Waals surface area contributed by atoms with E-state index in [1.54, 1.807) is 30.4 Å². The molecule has 0 aromatic heterocycles. The van der Waals surface area contributed by atoms with Gasteiger partial charge in [-0.25, -0.2) is 0 Å². The molecule has 0 amide bonds. The second kappa shape index (κ2) is 4.82. The maximum absolute atomic E-state index is 11.0. The number of nitriles is 1. The van der Waals surface area contributed by atoms with Crippen LogP contribution < -0.4 is 0 Å². The van der Waals surface area contributed by atoms with Crippen molar-refractivity contribution in [1.82, 2.24) is 0 Å². The van der Waals surface area contributed by atoms with Gasteiger partial charge in [0.2, 0.25) is 0 Å². The van der Waals surface area contributed by atoms with E-state index >= 15 is 0 Å². The summed E-state index contributed by atoms with van der Waals surface area (Å²) >= 11 is 5.89. The van der Waals surface area contributed by atoms with Crippen molar-refractivity contribution >= 4 is 23.0 Å². The first-order valence-electron chi connectivity index (χ1n) is 5.01. The van der Waals surface area contributed by atoms with Crippen LogP contribution in [0.5, 0.6) is 0 Å². The van der Waals surface area contributed by atoms with Crippen LogP contribution in [0.25, 0.3) is 5.57 Å². The molecule has 17 heavy (non-hydrogen) atoms. The predicted molar refractivity (Wildman–Crippen MR) is 67.3 cm³/mol. The van der Waals surface area contributed by atoms with Gasteiger partial charge in [0.25, 0.3) is 0 Å². The highest BCUT2D eigenvalue weighted by atomic mass is 35.5. The quantitative estimate of drug-likeness (QED) is 0.708. The lowest BCUT2D eigenvalue weighted by molar-refractivity contribution is -0.110. The molecule has 3 heteroatoms. The molecule has 0 heterocycles. The Kier molecular flexibility index (Phi) is 3.22. The molecule has 0 N–H and O–H groups in total. The minimum absolute atomic E-state index is 0.0721. The van der Waals surface area contributed by atoms with Crippen LogP contribution in [0, 0.1) is 11.3 Å². The van der Waals surface area contributed by atoms with Crippen LogP contribution in [-0.4, -0.2) is 5.78 Å². The molecular formula is C14H8ClNO. The van der Waals surface area contributed by atoms with Crippen molar-refractivity contribution in [3.63, 3.8) is 0 Å². The summed E-state index contributed by atoms with van der Waals surface area (Å²) in [5.74, 6) is -0.0721. The molecule has 0 aliphatic heterocycles. The van der Waals surface area contributed by atoms with Gasteiger partial charge in [0, 0.05) is 5.02 Å². The van der Waals surface area contributed by atoms with Crippen LogP contribution in [-0.2, 0) is 4.79 Å². The van der Waals surface area contributed by atoms with E-state index < -0.39 is 0 Å². The van der Waals surface area contributed by atoms with Crippen molar-refractivity contribution in [3.8, 4) is 6.07 Å². The second-order valence-corrected chi connectivity index (χ2v) is 3.96. The maximum Gasteiger partial charge on any atom is 0.178 e. The molecule has 0 atom stereocenters. The first-order valence-corrected chi connectivity index (χ1v) is 5.39. The van der Waals surface area contributed by atoms with Gasteiger partial charge in [-0.1, -0.05) is 23.7 Å². The zero-order valence-corrected chi connectivity index (χ0v) is 9.61. The van der Waals surface area contributed by atoms with Gasteiger partial charge in [0.05, 0.1) is 5.57 Å². The third-order valence-corrected chi connectivity index (χ3v) is 2.60. The molecule has 1 aromatic carbocycles. The first-order chi connectivity index (χ1) is 8.20. The molecule has 1 aromatic rings. The molecule has 0 saturated carbocycles. The van der Waals surface area contributed by atoms with Gasteiger partial charge in [0.1, 0.15) is 6.07 Å². The smallest absolute Gasteiger partial charge is 0.178 e. The Bertz CT molecular complexity index is 585. The van der Waals surface area contributed by atoms with E-state index in [1.807, 2.05) is 6.07 Å². The fourth-order valence-corrected chi connectivity index (χ4v) is 1.75. The van der Waals surface area contributed by atoms with E-state index in [-0.39, 0.29) is 5.78 Å². The lowest BCUT2D eigenvalue weighted by Crippen LogP contribution is -1.94. The van der Waals surface area contributed by atoms with Crippen LogP contribution in [0.4, 0.5) is 0 Å². The summed E-state index contributed by atoms with van der Waals surface area (Å²) < 4.78 is 0. The van der Waals surface area contributed by atoms with E-state index in [0.717, 1.165) is 11.1 Å². The standard InChI is InChI=1S/C14H8ClNO/c15-12-3-1-2-11(8-12)14(9-16)10-4-6-13(17)7-5-10/h1-8H. The van der Waals surface area contributed by atoms with Crippen molar-refractivity contribution in [3.05, 3.63) is 64.7 Å². The molecule has 0 spiro atoms. The summed E-state index contributed by atoms with van der Waals surface area (Å²) in [5.41, 5.74) is 1.97. The largest absolute Gasteiger partial charge is 0.290 e. The van der Waals surface area contributed by atoms with Crippen LogP contribution in [0.1, 0.15) is 5.56 Å². The molecular weight excluding hydrogens is 234 g/mol. The Morgan fingerprint density at radius 1 is 1.18 bits per heavy atom. The molecule has 0 radical (unpaired) electrons. The Morgan fingerprint density at radius 3 is 2.47 bits per heavy atom. The fraction of sp³-hybridized carbons (Fsp3) is 0. The number of hydrogen-bond donors (Lipinski definition) is 0. The Hall–Kier alpha value is -2.11. The van der Waals surface area contributed by atoms with Gasteiger partial charge in [-0.3, -0.25) is 4.79 Å². The third kappa shape index (κ3) is 2.52. The summed E-state index contributed by atoms with van der Waals surface area (Å²) in [7, 11) is 0. The van der Waals surface area contributed by atoms with Crippen LogP contribution >= 0.6 is 11.6 Å². The summed E-state index contributed by atoms with van der Waals surface area (Å²) in [6.45, 7) is 0. The van der Waals surface area contributed by atoms with Crippen molar-refractivity contribution in [2.45, 2.75) is 0 Å². The summed E-state index contributed by atoms with van der Waals surface area (Å²) in [6, 6.07) is 9.22. The third-order valence-electron chi connectivity index (χ3n) is 2.37. The molecule has 0 unspecified atom stereocenters. The molecule has 82 valence electrons. The molecule has 0 bridgehead atoms. The highest BCUT2D eigenvalue weighted by Gasteiger charge is 2.08. The molecule has 0 saturated heterocycles. The first kappa shape index (κ1) is 11.4. The predicted octanol–water partition coefficient (Wildman–Crippen LogP) is 3.31. The lowest BCUT2D eigenvalue weighted by atomic mass is 9.98. The second-order valence-electron chi connectivity index (χ2n) is 3.52. The van der Waals surface area contributed by atoms with Gasteiger partial charge >= 0.3 is 0 Å². The average Bonchev–Trinajstić information content (AvgIpc) is 2.33. The zero-order valence-electron chi connectivity index (χ0n) is 8.85. The number of hydrogen-bond acceptors (Lipinski definition) is 2. The van der Waals surface area contributed by atoms with Crippen LogP contribution in [0.3, 0.4) is 0 Å². The Labute approximate surface area is 104 Å². The highest BCUT2D eigenvalue weighted by Crippen LogP contribution is 2.24. The molecule has 2 nitrogen and oxygen atoms in total. The van der Waals surface area contributed by atoms with Gasteiger partial charge in [-0.15, -0.1) is 0 Å². The van der Waals surface area contributed by atoms with E-state index in [1.165, 1.54) is 12.2 Å². The number of carbonyl (C=O) groups is 1. The number of carbonyl (C=O) groups excluding carboxylic acids is 1. The van der Waals surface area contributed by atoms with Crippen LogP contribution in [0.15, 0.2) is 54.1 Å². The van der Waals surface area contributed by atoms with Crippen molar-refractivity contribution in [1.29, 1.82) is 5.26 Å². The fourth-order valence-electron chi connectivity index (χ4n) is 1.56. The minimum atomic E-state index is -0.0721. The van der Waals surface area contributed by atoms with Gasteiger partial charge in [-0.2, -0.15) is 5.26 Å². The topological polar surface area (TPSA) is 40.9 Å². The monoisotopic (exact) mass is 241 g/mol. The number of benzene rings is 1. The number of halogens is 1. The Balaban J connectivity index is 2.52. The van der Waals surface area contributed by atoms with E-state index in [4.69, 9.17) is 11.6 Å². The average molecular weight is 242 g/mol. The lowest BCUT2D eigenvalue weighted by Gasteiger charge is -2.05. The molecule has 0 fully saturated rings. The van der Waals surface area contributed by atoms with E-state index in [0.29, 0.717) is 10.6 Å². The number of ketones is 1. The van der Waals surface area contributed by atoms with Crippen LogP contribution in [0.2, 0.25) is 5.02 Å². The number of nitrogens with zero attached hydrogens (tertiary/aromatic N) is 1. The minimum Gasteiger partial charge on any atom is -0.290 e. The molecule has 2 rings (SSSR count). The maximum atomic E-state index is 11.0. The van der Waals surface area contributed by atoms with E-state index in [2.05, 4.69) is 6.07 Å². The van der Waals surface area contributed by atoms with Crippen molar-refractivity contribution in [2.24, 2.45) is 0 Å². The zero-order chi connectivity index (χ0) is 12.3. The summed E-state index contributed by atoms with van der Waals surface area (Å²) in [5, 5.41) is 9.76. The summed E-state index contributed by atoms with van der Waals surface area (Å²) in [6.07, 6.45) is 6.16. The number of rotatable bonds is 1. The normalized spacial score (nSPS) is 13.6. The SMILES string of the molecule is N#CC(=C1C=CC(=O)C=C1)c1cccc(Cl)c1.